The Hall–Kier alpha value is -1.49. The van der Waals surface area contributed by atoms with Crippen molar-refractivity contribution in [2.24, 2.45) is 5.41 Å². The van der Waals surface area contributed by atoms with Crippen LogP contribution < -0.4 is 5.32 Å². The van der Waals surface area contributed by atoms with Gasteiger partial charge in [-0.3, -0.25) is 0 Å². The van der Waals surface area contributed by atoms with Gasteiger partial charge in [0, 0.05) is 49.5 Å². The number of nitrogens with zero attached hydrogens (tertiary/aromatic N) is 2. The molecular weight excluding hydrogens is 290 g/mol. The third-order valence-corrected chi connectivity index (χ3v) is 4.97. The van der Waals surface area contributed by atoms with Crippen molar-refractivity contribution in [2.45, 2.75) is 58.7 Å². The predicted octanol–water partition coefficient (Wildman–Crippen LogP) is 3.34. The first kappa shape index (κ1) is 16.4. The molecule has 0 aromatic carbocycles. The lowest BCUT2D eigenvalue weighted by atomic mass is 9.70. The monoisotopic (exact) mass is 319 g/mol. The van der Waals surface area contributed by atoms with E-state index in [0.717, 1.165) is 26.1 Å². The molecule has 0 saturated carbocycles. The molecule has 3 heterocycles. The molecule has 0 radical (unpaired) electrons. The first-order valence-corrected chi connectivity index (χ1v) is 8.59. The van der Waals surface area contributed by atoms with E-state index >= 15 is 0 Å². The first-order chi connectivity index (χ1) is 10.7. The Bertz CT molecular complexity index is 587. The summed E-state index contributed by atoms with van der Waals surface area (Å²) >= 11 is 0. The quantitative estimate of drug-likeness (QED) is 0.909. The number of carbonyl (C=O) groups is 1. The molecule has 2 aliphatic heterocycles. The molecule has 1 aromatic rings. The van der Waals surface area contributed by atoms with Crippen LogP contribution in [0.5, 0.6) is 0 Å². The minimum atomic E-state index is -0.432. The maximum absolute atomic E-state index is 12.3. The van der Waals surface area contributed by atoms with E-state index in [1.807, 2.05) is 25.7 Å². The molecule has 5 heteroatoms. The highest BCUT2D eigenvalue weighted by molar-refractivity contribution is 5.68. The van der Waals surface area contributed by atoms with Crippen LogP contribution in [-0.4, -0.2) is 40.8 Å². The Balaban J connectivity index is 1.68. The van der Waals surface area contributed by atoms with Crippen LogP contribution >= 0.6 is 0 Å². The summed E-state index contributed by atoms with van der Waals surface area (Å²) in [6.07, 6.45) is 5.24. The molecule has 2 unspecified atom stereocenters. The van der Waals surface area contributed by atoms with Crippen LogP contribution in [0.2, 0.25) is 0 Å². The molecule has 2 aliphatic rings. The van der Waals surface area contributed by atoms with Crippen molar-refractivity contribution in [1.29, 1.82) is 0 Å². The van der Waals surface area contributed by atoms with Gasteiger partial charge in [0.15, 0.2) is 0 Å². The topological polar surface area (TPSA) is 46.5 Å². The fourth-order valence-corrected chi connectivity index (χ4v) is 3.64. The maximum atomic E-state index is 12.3. The van der Waals surface area contributed by atoms with Crippen LogP contribution in [0, 0.1) is 5.41 Å². The zero-order chi connectivity index (χ0) is 16.8. The van der Waals surface area contributed by atoms with Crippen LogP contribution in [0.3, 0.4) is 0 Å². The Morgan fingerprint density at radius 3 is 2.70 bits per heavy atom. The number of hydrogen-bond acceptors (Lipinski definition) is 3. The van der Waals surface area contributed by atoms with Crippen molar-refractivity contribution in [3.63, 3.8) is 0 Å². The highest BCUT2D eigenvalue weighted by Crippen LogP contribution is 2.48. The molecule has 0 aliphatic carbocycles. The molecule has 2 fully saturated rings. The average molecular weight is 319 g/mol. The maximum Gasteiger partial charge on any atom is 0.410 e. The Morgan fingerprint density at radius 2 is 2.17 bits per heavy atom. The number of likely N-dealkylation sites (tertiary alicyclic amines) is 1. The van der Waals surface area contributed by atoms with Crippen LogP contribution in [0.15, 0.2) is 18.5 Å². The molecule has 1 spiro atoms. The predicted molar refractivity (Wildman–Crippen MR) is 90.4 cm³/mol. The van der Waals surface area contributed by atoms with E-state index in [-0.39, 0.29) is 11.5 Å². The minimum Gasteiger partial charge on any atom is -0.444 e. The summed E-state index contributed by atoms with van der Waals surface area (Å²) in [5.74, 6) is 0. The number of carbonyl (C=O) groups excluding carboxylic acids is 1. The number of aromatic nitrogens is 1. The van der Waals surface area contributed by atoms with Gasteiger partial charge in [0.25, 0.3) is 0 Å². The highest BCUT2D eigenvalue weighted by Gasteiger charge is 2.52. The van der Waals surface area contributed by atoms with Gasteiger partial charge in [-0.15, -0.1) is 0 Å². The molecular formula is C18H29N3O2. The van der Waals surface area contributed by atoms with E-state index < -0.39 is 5.60 Å². The zero-order valence-electron chi connectivity index (χ0n) is 14.9. The van der Waals surface area contributed by atoms with Gasteiger partial charge in [0.2, 0.25) is 0 Å². The summed E-state index contributed by atoms with van der Waals surface area (Å²) in [6.45, 7) is 12.7. The van der Waals surface area contributed by atoms with E-state index in [1.54, 1.807) is 0 Å². The molecule has 0 bridgehead atoms. The van der Waals surface area contributed by atoms with Crippen molar-refractivity contribution < 1.29 is 9.53 Å². The lowest BCUT2D eigenvalue weighted by molar-refractivity contribution is 0.0216. The second-order valence-electron chi connectivity index (χ2n) is 8.31. The fourth-order valence-electron chi connectivity index (χ4n) is 3.64. The molecule has 2 saturated heterocycles. The molecule has 3 rings (SSSR count). The number of amides is 1. The first-order valence-electron chi connectivity index (χ1n) is 8.59. The molecule has 5 nitrogen and oxygen atoms in total. The van der Waals surface area contributed by atoms with Crippen molar-refractivity contribution >= 4 is 6.09 Å². The fraction of sp³-hybridized carbons (Fsp3) is 0.722. The molecule has 1 aromatic heterocycles. The second kappa shape index (κ2) is 5.55. The Labute approximate surface area is 139 Å². The summed E-state index contributed by atoms with van der Waals surface area (Å²) in [6, 6.07) is 3.02. The van der Waals surface area contributed by atoms with Crippen LogP contribution in [0.25, 0.3) is 0 Å². The lowest BCUT2D eigenvalue weighted by Crippen LogP contribution is -2.57. The van der Waals surface area contributed by atoms with E-state index in [2.05, 4.69) is 42.2 Å². The number of nitrogens with one attached hydrogen (secondary N) is 1. The van der Waals surface area contributed by atoms with Gasteiger partial charge in [0.05, 0.1) is 0 Å². The van der Waals surface area contributed by atoms with Gasteiger partial charge >= 0.3 is 6.09 Å². The van der Waals surface area contributed by atoms with Gasteiger partial charge < -0.3 is 19.5 Å². The standard InChI is InChI=1S/C18H29N3O2/c1-13(2)20-8-6-14(10-20)15-18(11-19-15)7-9-21(12-18)16(22)23-17(3,4)5/h6,8,10,13,15,19H,7,9,11-12H2,1-5H3. The van der Waals surface area contributed by atoms with Gasteiger partial charge in [-0.1, -0.05) is 0 Å². The van der Waals surface area contributed by atoms with Crippen molar-refractivity contribution in [3.05, 3.63) is 24.0 Å². The van der Waals surface area contributed by atoms with E-state index in [0.29, 0.717) is 12.1 Å². The normalized spacial score (nSPS) is 27.6. The molecule has 2 atom stereocenters. The third kappa shape index (κ3) is 3.11. The zero-order valence-corrected chi connectivity index (χ0v) is 14.9. The van der Waals surface area contributed by atoms with Gasteiger partial charge in [0.1, 0.15) is 5.60 Å². The summed E-state index contributed by atoms with van der Waals surface area (Å²) < 4.78 is 7.76. The smallest absolute Gasteiger partial charge is 0.410 e. The Morgan fingerprint density at radius 1 is 1.43 bits per heavy atom. The largest absolute Gasteiger partial charge is 0.444 e. The third-order valence-electron chi connectivity index (χ3n) is 4.97. The van der Waals surface area contributed by atoms with E-state index in [9.17, 15) is 4.79 Å². The van der Waals surface area contributed by atoms with Crippen LogP contribution in [0.4, 0.5) is 4.79 Å². The summed E-state index contributed by atoms with van der Waals surface area (Å²) in [4.78, 5) is 14.2. The Kier molecular flexibility index (Phi) is 3.95. The lowest BCUT2D eigenvalue weighted by Gasteiger charge is -2.48. The summed E-state index contributed by atoms with van der Waals surface area (Å²) in [5.41, 5.74) is 1.06. The number of hydrogen-bond donors (Lipinski definition) is 1. The van der Waals surface area contributed by atoms with Crippen LogP contribution in [0.1, 0.15) is 58.7 Å². The number of ether oxygens (including phenoxy) is 1. The van der Waals surface area contributed by atoms with Crippen molar-refractivity contribution in [2.75, 3.05) is 19.6 Å². The molecule has 23 heavy (non-hydrogen) atoms. The SMILES string of the molecule is CC(C)n1ccc(C2NCC23CCN(C(=O)OC(C)(C)C)C3)c1. The second-order valence-corrected chi connectivity index (χ2v) is 8.31. The average Bonchev–Trinajstić information content (AvgIpc) is 3.03. The molecule has 1 amide bonds. The summed E-state index contributed by atoms with van der Waals surface area (Å²) in [7, 11) is 0. The van der Waals surface area contributed by atoms with Crippen molar-refractivity contribution in [3.8, 4) is 0 Å². The van der Waals surface area contributed by atoms with E-state index in [4.69, 9.17) is 4.74 Å². The van der Waals surface area contributed by atoms with Crippen molar-refractivity contribution in [1.82, 2.24) is 14.8 Å². The minimum absolute atomic E-state index is 0.167. The number of rotatable bonds is 2. The van der Waals surface area contributed by atoms with Crippen LogP contribution in [-0.2, 0) is 4.74 Å². The summed E-state index contributed by atoms with van der Waals surface area (Å²) in [5, 5.41) is 3.56. The highest BCUT2D eigenvalue weighted by atomic mass is 16.6. The van der Waals surface area contributed by atoms with Gasteiger partial charge in [-0.2, -0.15) is 0 Å². The van der Waals surface area contributed by atoms with E-state index in [1.165, 1.54) is 5.56 Å². The van der Waals surface area contributed by atoms with Gasteiger partial charge in [-0.05, 0) is 52.7 Å². The van der Waals surface area contributed by atoms with Gasteiger partial charge in [-0.25, -0.2) is 4.79 Å². The molecule has 1 N–H and O–H groups in total. The molecule has 128 valence electrons.